The number of aromatic nitrogens is 2. The van der Waals surface area contributed by atoms with E-state index in [-0.39, 0.29) is 16.8 Å². The normalized spacial score (nSPS) is 20.9. The molecule has 0 radical (unpaired) electrons. The highest BCUT2D eigenvalue weighted by Crippen LogP contribution is 2.40. The fourth-order valence-electron chi connectivity index (χ4n) is 2.74. The number of hydrogen-bond acceptors (Lipinski definition) is 3. The SMILES string of the molecule is CC(O)c1c(F)c(Cl)c(Br)c2cnn(C3CCCCO3)c12. The highest BCUT2D eigenvalue weighted by atomic mass is 79.9. The number of nitrogens with zero attached hydrogens (tertiary/aromatic N) is 2. The molecular weight excluding hydrogens is 363 g/mol. The van der Waals surface area contributed by atoms with E-state index in [0.717, 1.165) is 19.3 Å². The van der Waals surface area contributed by atoms with Crippen LogP contribution < -0.4 is 0 Å². The Morgan fingerprint density at radius 3 is 2.95 bits per heavy atom. The van der Waals surface area contributed by atoms with Gasteiger partial charge in [0, 0.05) is 17.6 Å². The van der Waals surface area contributed by atoms with E-state index in [1.165, 1.54) is 6.92 Å². The van der Waals surface area contributed by atoms with E-state index < -0.39 is 11.9 Å². The molecule has 21 heavy (non-hydrogen) atoms. The van der Waals surface area contributed by atoms with Crippen LogP contribution in [-0.2, 0) is 4.74 Å². The highest BCUT2D eigenvalue weighted by Gasteiger charge is 2.27. The van der Waals surface area contributed by atoms with Gasteiger partial charge >= 0.3 is 0 Å². The van der Waals surface area contributed by atoms with Crippen LogP contribution in [0.15, 0.2) is 10.7 Å². The molecule has 0 aliphatic carbocycles. The van der Waals surface area contributed by atoms with Crippen LogP contribution >= 0.6 is 27.5 Å². The van der Waals surface area contributed by atoms with Crippen molar-refractivity contribution in [3.05, 3.63) is 27.1 Å². The van der Waals surface area contributed by atoms with Crippen LogP contribution in [0.3, 0.4) is 0 Å². The number of ether oxygens (including phenoxy) is 1. The molecule has 0 amide bonds. The number of aliphatic hydroxyl groups excluding tert-OH is 1. The number of fused-ring (bicyclic) bond motifs is 1. The van der Waals surface area contributed by atoms with Crippen molar-refractivity contribution in [3.63, 3.8) is 0 Å². The van der Waals surface area contributed by atoms with E-state index in [2.05, 4.69) is 21.0 Å². The maximum Gasteiger partial charge on any atom is 0.150 e. The molecule has 3 rings (SSSR count). The molecule has 7 heteroatoms. The van der Waals surface area contributed by atoms with Crippen molar-refractivity contribution in [2.75, 3.05) is 6.61 Å². The molecule has 0 saturated carbocycles. The van der Waals surface area contributed by atoms with Crippen molar-refractivity contribution in [2.45, 2.75) is 38.5 Å². The van der Waals surface area contributed by atoms with E-state index in [1.54, 1.807) is 10.9 Å². The summed E-state index contributed by atoms with van der Waals surface area (Å²) in [4.78, 5) is 0. The van der Waals surface area contributed by atoms with Gasteiger partial charge in [-0.05, 0) is 42.1 Å². The summed E-state index contributed by atoms with van der Waals surface area (Å²) >= 11 is 9.30. The minimum absolute atomic E-state index is 0.0393. The smallest absolute Gasteiger partial charge is 0.150 e. The van der Waals surface area contributed by atoms with Crippen LogP contribution in [0, 0.1) is 5.82 Å². The second-order valence-electron chi connectivity index (χ2n) is 5.20. The summed E-state index contributed by atoms with van der Waals surface area (Å²) in [5.74, 6) is -0.622. The number of rotatable bonds is 2. The lowest BCUT2D eigenvalue weighted by Gasteiger charge is -2.24. The fraction of sp³-hybridized carbons (Fsp3) is 0.500. The summed E-state index contributed by atoms with van der Waals surface area (Å²) in [5.41, 5.74) is 0.690. The molecule has 114 valence electrons. The van der Waals surface area contributed by atoms with Gasteiger partial charge in [0.1, 0.15) is 0 Å². The topological polar surface area (TPSA) is 47.3 Å². The molecule has 1 N–H and O–H groups in total. The Bertz CT molecular complexity index is 683. The standard InChI is InChI=1S/C14H15BrClFN2O2/c1-7(20)10-13(17)12(16)11(15)8-6-18-19(14(8)10)9-4-2-3-5-21-9/h6-7,9,20H,2-5H2,1H3. The molecule has 2 unspecified atom stereocenters. The third-order valence-electron chi connectivity index (χ3n) is 3.76. The molecule has 4 nitrogen and oxygen atoms in total. The van der Waals surface area contributed by atoms with Gasteiger partial charge < -0.3 is 9.84 Å². The minimum atomic E-state index is -0.989. The maximum atomic E-state index is 14.5. The summed E-state index contributed by atoms with van der Waals surface area (Å²) in [5, 5.41) is 14.9. The molecule has 1 aromatic carbocycles. The Morgan fingerprint density at radius 2 is 2.33 bits per heavy atom. The molecule has 2 aromatic rings. The highest BCUT2D eigenvalue weighted by molar-refractivity contribution is 9.10. The molecule has 0 bridgehead atoms. The van der Waals surface area contributed by atoms with Gasteiger partial charge in [0.15, 0.2) is 12.0 Å². The summed E-state index contributed by atoms with van der Waals surface area (Å²) in [6.45, 7) is 2.18. The van der Waals surface area contributed by atoms with Crippen LogP contribution in [-0.4, -0.2) is 21.5 Å². The van der Waals surface area contributed by atoms with Gasteiger partial charge in [0.05, 0.1) is 27.3 Å². The van der Waals surface area contributed by atoms with E-state index in [9.17, 15) is 9.50 Å². The molecule has 1 aliphatic rings. The summed E-state index contributed by atoms with van der Waals surface area (Å²) < 4.78 is 22.3. The van der Waals surface area contributed by atoms with Crippen molar-refractivity contribution in [2.24, 2.45) is 0 Å². The Labute approximate surface area is 135 Å². The van der Waals surface area contributed by atoms with E-state index in [4.69, 9.17) is 16.3 Å². The zero-order valence-electron chi connectivity index (χ0n) is 11.4. The first-order chi connectivity index (χ1) is 10.0. The van der Waals surface area contributed by atoms with E-state index in [1.807, 2.05) is 0 Å². The molecule has 1 aromatic heterocycles. The molecule has 2 atom stereocenters. The molecular formula is C14H15BrClFN2O2. The maximum absolute atomic E-state index is 14.5. The average Bonchev–Trinajstić information content (AvgIpc) is 2.90. The minimum Gasteiger partial charge on any atom is -0.389 e. The predicted molar refractivity (Wildman–Crippen MR) is 81.9 cm³/mol. The molecule has 0 spiro atoms. The lowest BCUT2D eigenvalue weighted by atomic mass is 10.1. The lowest BCUT2D eigenvalue weighted by Crippen LogP contribution is -2.20. The van der Waals surface area contributed by atoms with Gasteiger partial charge in [-0.2, -0.15) is 5.10 Å². The number of aliphatic hydroxyl groups is 1. The largest absolute Gasteiger partial charge is 0.389 e. The number of halogens is 3. The molecule has 1 saturated heterocycles. The van der Waals surface area contributed by atoms with Crippen LogP contribution in [0.2, 0.25) is 5.02 Å². The first kappa shape index (κ1) is 15.2. The van der Waals surface area contributed by atoms with Gasteiger partial charge in [-0.25, -0.2) is 9.07 Å². The molecule has 1 fully saturated rings. The quantitative estimate of drug-likeness (QED) is 0.792. The van der Waals surface area contributed by atoms with Gasteiger partial charge in [0.25, 0.3) is 0 Å². The van der Waals surface area contributed by atoms with Crippen molar-refractivity contribution < 1.29 is 14.2 Å². The van der Waals surface area contributed by atoms with Crippen LogP contribution in [0.1, 0.15) is 44.1 Å². The summed E-state index contributed by atoms with van der Waals surface area (Å²) in [7, 11) is 0. The van der Waals surface area contributed by atoms with Crippen LogP contribution in [0.25, 0.3) is 10.9 Å². The van der Waals surface area contributed by atoms with Crippen molar-refractivity contribution >= 4 is 38.4 Å². The number of hydrogen-bond donors (Lipinski definition) is 1. The van der Waals surface area contributed by atoms with E-state index >= 15 is 0 Å². The van der Waals surface area contributed by atoms with Crippen LogP contribution in [0.5, 0.6) is 0 Å². The monoisotopic (exact) mass is 376 g/mol. The predicted octanol–water partition coefficient (Wildman–Crippen LogP) is 4.34. The second kappa shape index (κ2) is 5.83. The third-order valence-corrected chi connectivity index (χ3v) is 5.16. The zero-order chi connectivity index (χ0) is 15.1. The van der Waals surface area contributed by atoms with Crippen LogP contribution in [0.4, 0.5) is 4.39 Å². The number of benzene rings is 1. The van der Waals surface area contributed by atoms with Crippen molar-refractivity contribution in [3.8, 4) is 0 Å². The molecule has 1 aliphatic heterocycles. The molecule has 2 heterocycles. The average molecular weight is 378 g/mol. The van der Waals surface area contributed by atoms with Gasteiger partial charge in [-0.1, -0.05) is 11.6 Å². The van der Waals surface area contributed by atoms with Gasteiger partial charge in [0.2, 0.25) is 0 Å². The van der Waals surface area contributed by atoms with Crippen molar-refractivity contribution in [1.82, 2.24) is 9.78 Å². The Balaban J connectivity index is 2.27. The Kier molecular flexibility index (Phi) is 4.23. The third kappa shape index (κ3) is 2.48. The lowest BCUT2D eigenvalue weighted by molar-refractivity contribution is -0.0368. The first-order valence-corrected chi connectivity index (χ1v) is 8.02. The van der Waals surface area contributed by atoms with Gasteiger partial charge in [-0.15, -0.1) is 0 Å². The Hall–Kier alpha value is -0.690. The fourth-order valence-corrected chi connectivity index (χ4v) is 3.41. The van der Waals surface area contributed by atoms with Crippen molar-refractivity contribution in [1.29, 1.82) is 0 Å². The summed E-state index contributed by atoms with van der Waals surface area (Å²) in [6, 6.07) is 0. The second-order valence-corrected chi connectivity index (χ2v) is 6.38. The first-order valence-electron chi connectivity index (χ1n) is 6.85. The zero-order valence-corrected chi connectivity index (χ0v) is 13.8. The van der Waals surface area contributed by atoms with E-state index in [0.29, 0.717) is 22.0 Å². The summed E-state index contributed by atoms with van der Waals surface area (Å²) in [6.07, 6.45) is 3.26. The van der Waals surface area contributed by atoms with Gasteiger partial charge in [-0.3, -0.25) is 0 Å². The Morgan fingerprint density at radius 1 is 1.57 bits per heavy atom.